The van der Waals surface area contributed by atoms with E-state index in [1.807, 2.05) is 38.1 Å². The van der Waals surface area contributed by atoms with Gasteiger partial charge in [-0.2, -0.15) is 4.98 Å². The first-order valence-electron chi connectivity index (χ1n) is 10.1. The van der Waals surface area contributed by atoms with E-state index in [1.54, 1.807) is 35.9 Å². The molecule has 0 saturated carbocycles. The molecule has 2 aromatic heterocycles. The van der Waals surface area contributed by atoms with Crippen molar-refractivity contribution < 1.29 is 14.3 Å². The number of aryl methyl sites for hydroxylation is 2. The molecule has 0 bridgehead atoms. The van der Waals surface area contributed by atoms with Crippen LogP contribution in [0.4, 0.5) is 5.69 Å². The van der Waals surface area contributed by atoms with Crippen molar-refractivity contribution in [2.45, 2.75) is 27.2 Å². The van der Waals surface area contributed by atoms with Gasteiger partial charge in [0.2, 0.25) is 5.91 Å². The normalized spacial score (nSPS) is 10.9. The quantitative estimate of drug-likeness (QED) is 0.468. The van der Waals surface area contributed by atoms with Crippen LogP contribution in [0.5, 0.6) is 5.75 Å². The van der Waals surface area contributed by atoms with E-state index < -0.39 is 0 Å². The number of nitrogens with one attached hydrogen (secondary N) is 1. The van der Waals surface area contributed by atoms with Gasteiger partial charge in [-0.05, 0) is 69.3 Å². The van der Waals surface area contributed by atoms with Gasteiger partial charge in [0.15, 0.2) is 11.6 Å². The molecule has 162 valence electrons. The van der Waals surface area contributed by atoms with E-state index in [0.717, 1.165) is 28.3 Å². The Bertz CT molecular complexity index is 1310. The smallest absolute Gasteiger partial charge is 0.253 e. The molecule has 0 fully saturated rings. The second-order valence-corrected chi connectivity index (χ2v) is 7.50. The number of fused-ring (bicyclic) bond motifs is 1. The molecule has 0 aliphatic heterocycles. The average molecular weight is 429 g/mol. The predicted octanol–water partition coefficient (Wildman–Crippen LogP) is 3.80. The summed E-state index contributed by atoms with van der Waals surface area (Å²) in [6, 6.07) is 14.3. The number of amides is 1. The third-order valence-electron chi connectivity index (χ3n) is 5.31. The van der Waals surface area contributed by atoms with Crippen LogP contribution in [0.15, 0.2) is 48.5 Å². The van der Waals surface area contributed by atoms with Gasteiger partial charge in [-0.25, -0.2) is 9.50 Å². The lowest BCUT2D eigenvalue weighted by molar-refractivity contribution is -0.115. The number of carbonyl (C=O) groups excluding carboxylic acids is 2. The van der Waals surface area contributed by atoms with E-state index in [0.29, 0.717) is 22.9 Å². The van der Waals surface area contributed by atoms with Crippen molar-refractivity contribution in [3.8, 4) is 17.1 Å². The maximum absolute atomic E-state index is 12.7. The summed E-state index contributed by atoms with van der Waals surface area (Å²) in [4.78, 5) is 33.2. The van der Waals surface area contributed by atoms with Crippen LogP contribution in [0.1, 0.15) is 34.2 Å². The van der Waals surface area contributed by atoms with Gasteiger partial charge in [-0.1, -0.05) is 0 Å². The molecule has 0 atom stereocenters. The van der Waals surface area contributed by atoms with Crippen LogP contribution in [0.3, 0.4) is 0 Å². The number of methoxy groups -OCH3 is 1. The van der Waals surface area contributed by atoms with Crippen LogP contribution in [0.25, 0.3) is 17.2 Å². The highest BCUT2D eigenvalue weighted by Gasteiger charge is 2.17. The first-order valence-corrected chi connectivity index (χ1v) is 10.1. The molecule has 0 saturated heterocycles. The van der Waals surface area contributed by atoms with Crippen molar-refractivity contribution in [1.29, 1.82) is 0 Å². The number of hydrogen-bond acceptors (Lipinski definition) is 6. The number of rotatable bonds is 6. The molecule has 1 amide bonds. The lowest BCUT2D eigenvalue weighted by Crippen LogP contribution is -2.17. The molecule has 8 nitrogen and oxygen atoms in total. The summed E-state index contributed by atoms with van der Waals surface area (Å²) in [5.41, 5.74) is 4.41. The lowest BCUT2D eigenvalue weighted by Gasteiger charge is -2.11. The number of ketones is 1. The van der Waals surface area contributed by atoms with Gasteiger partial charge in [0.1, 0.15) is 5.75 Å². The molecular weight excluding hydrogens is 406 g/mol. The summed E-state index contributed by atoms with van der Waals surface area (Å²) in [5.74, 6) is 1.59. The molecule has 0 aliphatic carbocycles. The first-order chi connectivity index (χ1) is 15.4. The van der Waals surface area contributed by atoms with E-state index in [2.05, 4.69) is 20.4 Å². The Balaban J connectivity index is 1.58. The minimum Gasteiger partial charge on any atom is -0.497 e. The van der Waals surface area contributed by atoms with E-state index in [1.165, 1.54) is 6.92 Å². The average Bonchev–Trinajstić information content (AvgIpc) is 3.21. The van der Waals surface area contributed by atoms with Gasteiger partial charge < -0.3 is 10.1 Å². The molecule has 2 heterocycles. The third kappa shape index (κ3) is 4.20. The van der Waals surface area contributed by atoms with Gasteiger partial charge >= 0.3 is 0 Å². The summed E-state index contributed by atoms with van der Waals surface area (Å²) in [7, 11) is 1.62. The summed E-state index contributed by atoms with van der Waals surface area (Å²) in [6.07, 6.45) is 0.146. The van der Waals surface area contributed by atoms with Gasteiger partial charge in [-0.15, -0.1) is 5.10 Å². The monoisotopic (exact) mass is 429 g/mol. The van der Waals surface area contributed by atoms with Crippen LogP contribution < -0.4 is 10.1 Å². The van der Waals surface area contributed by atoms with Gasteiger partial charge in [0.25, 0.3) is 5.78 Å². The van der Waals surface area contributed by atoms with E-state index >= 15 is 0 Å². The lowest BCUT2D eigenvalue weighted by atomic mass is 10.1. The summed E-state index contributed by atoms with van der Waals surface area (Å²) in [5, 5.41) is 7.46. The molecule has 4 rings (SSSR count). The number of anilines is 1. The Morgan fingerprint density at radius 2 is 1.69 bits per heavy atom. The molecule has 1 N–H and O–H groups in total. The highest BCUT2D eigenvalue weighted by Crippen LogP contribution is 2.22. The molecule has 0 unspecified atom stereocenters. The Labute approximate surface area is 185 Å². The molecule has 2 aromatic carbocycles. The maximum atomic E-state index is 12.7. The summed E-state index contributed by atoms with van der Waals surface area (Å²) in [6.45, 7) is 5.27. The SMILES string of the molecule is COc1ccc(-c2nc3nc(C)c(CC(=O)Nc4ccc(C(C)=O)cc4)c(C)n3n2)cc1. The van der Waals surface area contributed by atoms with Crippen molar-refractivity contribution in [3.63, 3.8) is 0 Å². The number of nitrogens with zero attached hydrogens (tertiary/aromatic N) is 4. The van der Waals surface area contributed by atoms with Gasteiger partial charge in [0.05, 0.1) is 13.5 Å². The number of Topliss-reactive ketones (excluding diaryl/α,β-unsaturated/α-hetero) is 1. The minimum atomic E-state index is -0.177. The summed E-state index contributed by atoms with van der Waals surface area (Å²) >= 11 is 0. The molecule has 0 aliphatic rings. The van der Waals surface area contributed by atoms with Gasteiger partial charge in [-0.3, -0.25) is 9.59 Å². The number of benzene rings is 2. The second-order valence-electron chi connectivity index (χ2n) is 7.50. The van der Waals surface area contributed by atoms with Crippen molar-refractivity contribution in [2.75, 3.05) is 12.4 Å². The Hall–Kier alpha value is -4.07. The van der Waals surface area contributed by atoms with Crippen molar-refractivity contribution in [2.24, 2.45) is 0 Å². The standard InChI is InChI=1S/C24H23N5O3/c1-14-21(13-22(31)26-19-9-5-17(6-10-19)16(3)30)15(2)29-24(25-14)27-23(28-29)18-7-11-20(32-4)12-8-18/h5-12H,13H2,1-4H3,(H,26,31). The first kappa shape index (κ1) is 21.2. The molecular formula is C24H23N5O3. The number of carbonyl (C=O) groups is 2. The molecule has 0 radical (unpaired) electrons. The summed E-state index contributed by atoms with van der Waals surface area (Å²) < 4.78 is 6.86. The number of ether oxygens (including phenoxy) is 1. The van der Waals surface area contributed by atoms with E-state index in [9.17, 15) is 9.59 Å². The topological polar surface area (TPSA) is 98.5 Å². The third-order valence-corrected chi connectivity index (χ3v) is 5.31. The van der Waals surface area contributed by atoms with Crippen molar-refractivity contribution >= 4 is 23.2 Å². The number of aromatic nitrogens is 4. The van der Waals surface area contributed by atoms with E-state index in [-0.39, 0.29) is 18.1 Å². The zero-order chi connectivity index (χ0) is 22.8. The highest BCUT2D eigenvalue weighted by atomic mass is 16.5. The van der Waals surface area contributed by atoms with Crippen LogP contribution in [-0.4, -0.2) is 38.4 Å². The van der Waals surface area contributed by atoms with Crippen LogP contribution in [0, 0.1) is 13.8 Å². The van der Waals surface area contributed by atoms with Crippen LogP contribution >= 0.6 is 0 Å². The van der Waals surface area contributed by atoms with E-state index in [4.69, 9.17) is 4.74 Å². The Morgan fingerprint density at radius 1 is 1.00 bits per heavy atom. The minimum absolute atomic E-state index is 0.0182. The number of hydrogen-bond donors (Lipinski definition) is 1. The molecule has 0 spiro atoms. The fourth-order valence-electron chi connectivity index (χ4n) is 3.48. The fraction of sp³-hybridized carbons (Fsp3) is 0.208. The van der Waals surface area contributed by atoms with Gasteiger partial charge in [0, 0.05) is 33.8 Å². The Kier molecular flexibility index (Phi) is 5.68. The zero-order valence-corrected chi connectivity index (χ0v) is 18.3. The second kappa shape index (κ2) is 8.58. The Morgan fingerprint density at radius 3 is 2.31 bits per heavy atom. The maximum Gasteiger partial charge on any atom is 0.253 e. The largest absolute Gasteiger partial charge is 0.497 e. The molecule has 32 heavy (non-hydrogen) atoms. The zero-order valence-electron chi connectivity index (χ0n) is 18.3. The highest BCUT2D eigenvalue weighted by molar-refractivity contribution is 5.96. The predicted molar refractivity (Wildman–Crippen MR) is 121 cm³/mol. The van der Waals surface area contributed by atoms with Crippen LogP contribution in [-0.2, 0) is 11.2 Å². The van der Waals surface area contributed by atoms with Crippen molar-refractivity contribution in [1.82, 2.24) is 19.6 Å². The molecule has 4 aromatic rings. The van der Waals surface area contributed by atoms with Crippen LogP contribution in [0.2, 0.25) is 0 Å². The fourth-order valence-corrected chi connectivity index (χ4v) is 3.48. The van der Waals surface area contributed by atoms with Crippen molar-refractivity contribution in [3.05, 3.63) is 71.0 Å². The molecule has 8 heteroatoms.